The second kappa shape index (κ2) is 12.2. The predicted octanol–water partition coefficient (Wildman–Crippen LogP) is 5.72. The molecule has 194 valence electrons. The molecule has 0 saturated carbocycles. The van der Waals surface area contributed by atoms with E-state index in [9.17, 15) is 0 Å². The van der Waals surface area contributed by atoms with Gasteiger partial charge in [-0.05, 0) is 35.4 Å². The van der Waals surface area contributed by atoms with Crippen molar-refractivity contribution in [1.82, 2.24) is 19.6 Å². The van der Waals surface area contributed by atoms with Crippen molar-refractivity contribution in [2.45, 2.75) is 0 Å². The molecule has 0 unspecified atom stereocenters. The van der Waals surface area contributed by atoms with Gasteiger partial charge in [-0.1, -0.05) is 120 Å². The van der Waals surface area contributed by atoms with Gasteiger partial charge in [-0.3, -0.25) is 0 Å². The minimum absolute atomic E-state index is 0.621. The van der Waals surface area contributed by atoms with Crippen LogP contribution in [0.4, 0.5) is 0 Å². The lowest BCUT2D eigenvalue weighted by Crippen LogP contribution is -2.13. The SMILES string of the molecule is C(=N\N=c1/sc(-c2nn(-c3ccccc3)/c(=N\N=C\c3ccccc3)s2)nn1-c1ccccc1)/c1ccccc1. The lowest BCUT2D eigenvalue weighted by molar-refractivity contribution is 0.809. The van der Waals surface area contributed by atoms with Crippen LogP contribution in [0.3, 0.4) is 0 Å². The number of para-hydroxylation sites is 2. The Morgan fingerprint density at radius 3 is 1.20 bits per heavy atom. The third-order valence-electron chi connectivity index (χ3n) is 5.60. The Morgan fingerprint density at radius 1 is 0.475 bits per heavy atom. The summed E-state index contributed by atoms with van der Waals surface area (Å²) >= 11 is 2.81. The van der Waals surface area contributed by atoms with Gasteiger partial charge in [0.15, 0.2) is 10.0 Å². The van der Waals surface area contributed by atoms with Crippen LogP contribution < -0.4 is 9.60 Å². The molecule has 0 spiro atoms. The van der Waals surface area contributed by atoms with Crippen LogP contribution >= 0.6 is 22.7 Å². The van der Waals surface area contributed by atoms with E-state index in [-0.39, 0.29) is 0 Å². The Kier molecular flexibility index (Phi) is 7.70. The van der Waals surface area contributed by atoms with Crippen molar-refractivity contribution < 1.29 is 0 Å². The fourth-order valence-corrected chi connectivity index (χ4v) is 5.45. The number of benzene rings is 4. The van der Waals surface area contributed by atoms with Crippen molar-refractivity contribution in [3.05, 3.63) is 142 Å². The molecule has 0 aliphatic carbocycles. The van der Waals surface area contributed by atoms with E-state index in [1.165, 1.54) is 22.7 Å². The molecule has 6 aromatic rings. The molecule has 6 rings (SSSR count). The summed E-state index contributed by atoms with van der Waals surface area (Å²) in [6.07, 6.45) is 3.45. The van der Waals surface area contributed by atoms with Crippen LogP contribution in [0.25, 0.3) is 21.4 Å². The molecule has 0 N–H and O–H groups in total. The number of hydrogen-bond acceptors (Lipinski definition) is 8. The van der Waals surface area contributed by atoms with Gasteiger partial charge in [0, 0.05) is 0 Å². The van der Waals surface area contributed by atoms with Gasteiger partial charge >= 0.3 is 0 Å². The number of rotatable bonds is 7. The largest absolute Gasteiger partial charge is 0.233 e. The average Bonchev–Trinajstić information content (AvgIpc) is 3.64. The maximum atomic E-state index is 4.87. The number of hydrogen-bond donors (Lipinski definition) is 0. The topological polar surface area (TPSA) is 85.1 Å². The molecule has 10 heteroatoms. The standard InChI is InChI=1S/C30H22N8S2/c1-5-13-23(14-6-1)21-31-33-29-37(25-17-9-3-10-18-25)35-27(39-29)28-36-38(26-19-11-4-12-20-26)30(40-28)34-32-22-24-15-7-2-8-16-24/h1-22H/b31-21+,32-22+,33-29-,34-30+. The molecule has 2 aromatic heterocycles. The minimum Gasteiger partial charge on any atom is -0.203 e. The Balaban J connectivity index is 1.44. The fraction of sp³-hybridized carbons (Fsp3) is 0. The van der Waals surface area contributed by atoms with E-state index in [1.54, 1.807) is 21.8 Å². The first kappa shape index (κ1) is 25.2. The first-order valence-corrected chi connectivity index (χ1v) is 14.0. The molecule has 2 heterocycles. The van der Waals surface area contributed by atoms with Crippen molar-refractivity contribution in [3.8, 4) is 21.4 Å². The Hall–Kier alpha value is -5.06. The Bertz CT molecular complexity index is 1740. The van der Waals surface area contributed by atoms with Crippen molar-refractivity contribution in [1.29, 1.82) is 0 Å². The maximum absolute atomic E-state index is 4.87. The molecular formula is C30H22N8S2. The zero-order valence-electron chi connectivity index (χ0n) is 21.1. The third-order valence-corrected chi connectivity index (χ3v) is 7.54. The highest BCUT2D eigenvalue weighted by Gasteiger charge is 2.15. The monoisotopic (exact) mass is 558 g/mol. The van der Waals surface area contributed by atoms with Crippen LogP contribution in [0.2, 0.25) is 0 Å². The van der Waals surface area contributed by atoms with Gasteiger partial charge in [0.1, 0.15) is 0 Å². The Morgan fingerprint density at radius 2 is 0.825 bits per heavy atom. The van der Waals surface area contributed by atoms with E-state index in [4.69, 9.17) is 10.2 Å². The summed E-state index contributed by atoms with van der Waals surface area (Å²) in [6, 6.07) is 39.4. The van der Waals surface area contributed by atoms with Crippen molar-refractivity contribution in [3.63, 3.8) is 0 Å². The van der Waals surface area contributed by atoms with E-state index in [0.29, 0.717) is 19.6 Å². The van der Waals surface area contributed by atoms with E-state index in [0.717, 1.165) is 22.5 Å². The summed E-state index contributed by atoms with van der Waals surface area (Å²) in [5, 5.41) is 28.8. The average molecular weight is 559 g/mol. The van der Waals surface area contributed by atoms with Gasteiger partial charge in [0.25, 0.3) is 0 Å². The van der Waals surface area contributed by atoms with E-state index in [2.05, 4.69) is 20.4 Å². The van der Waals surface area contributed by atoms with Gasteiger partial charge in [-0.15, -0.1) is 10.2 Å². The highest BCUT2D eigenvalue weighted by Crippen LogP contribution is 2.22. The second-order valence-corrected chi connectivity index (χ2v) is 10.3. The van der Waals surface area contributed by atoms with Crippen molar-refractivity contribution in [2.24, 2.45) is 20.4 Å². The van der Waals surface area contributed by atoms with Gasteiger partial charge < -0.3 is 0 Å². The highest BCUT2D eigenvalue weighted by atomic mass is 32.1. The van der Waals surface area contributed by atoms with Gasteiger partial charge in [0.2, 0.25) is 9.60 Å². The summed E-state index contributed by atoms with van der Waals surface area (Å²) in [5.74, 6) is 0. The fourth-order valence-electron chi connectivity index (χ4n) is 3.71. The molecule has 0 aliphatic rings. The molecular weight excluding hydrogens is 537 g/mol. The molecule has 0 fully saturated rings. The van der Waals surface area contributed by atoms with Gasteiger partial charge in [-0.2, -0.15) is 20.4 Å². The number of nitrogens with zero attached hydrogens (tertiary/aromatic N) is 8. The van der Waals surface area contributed by atoms with Crippen molar-refractivity contribution >= 4 is 35.1 Å². The van der Waals surface area contributed by atoms with Gasteiger partial charge in [0.05, 0.1) is 23.8 Å². The van der Waals surface area contributed by atoms with Crippen LogP contribution in [-0.2, 0) is 0 Å². The summed E-state index contributed by atoms with van der Waals surface area (Å²) in [6.45, 7) is 0. The molecule has 0 aliphatic heterocycles. The summed E-state index contributed by atoms with van der Waals surface area (Å²) in [4.78, 5) is 1.24. The van der Waals surface area contributed by atoms with Crippen LogP contribution in [0, 0.1) is 0 Å². The first-order chi connectivity index (χ1) is 19.8. The molecule has 0 bridgehead atoms. The lowest BCUT2D eigenvalue weighted by atomic mass is 10.2. The lowest BCUT2D eigenvalue weighted by Gasteiger charge is -1.99. The first-order valence-electron chi connectivity index (χ1n) is 12.4. The van der Waals surface area contributed by atoms with Crippen LogP contribution in [0.1, 0.15) is 11.1 Å². The molecule has 0 amide bonds. The summed E-state index contributed by atoms with van der Waals surface area (Å²) in [7, 11) is 0. The van der Waals surface area contributed by atoms with Crippen molar-refractivity contribution in [2.75, 3.05) is 0 Å². The van der Waals surface area contributed by atoms with Crippen LogP contribution in [0.15, 0.2) is 142 Å². The van der Waals surface area contributed by atoms with E-state index < -0.39 is 0 Å². The third kappa shape index (κ3) is 5.98. The molecule has 0 atom stereocenters. The normalized spacial score (nSPS) is 12.6. The molecule has 4 aromatic carbocycles. The highest BCUT2D eigenvalue weighted by molar-refractivity contribution is 7.19. The summed E-state index contributed by atoms with van der Waals surface area (Å²) < 4.78 is 3.56. The minimum atomic E-state index is 0.621. The summed E-state index contributed by atoms with van der Waals surface area (Å²) in [5.41, 5.74) is 3.69. The molecule has 0 radical (unpaired) electrons. The maximum Gasteiger partial charge on any atom is 0.233 e. The zero-order valence-corrected chi connectivity index (χ0v) is 22.7. The number of aromatic nitrogens is 4. The van der Waals surface area contributed by atoms with E-state index in [1.807, 2.05) is 121 Å². The predicted molar refractivity (Wildman–Crippen MR) is 161 cm³/mol. The Labute approximate surface area is 237 Å². The van der Waals surface area contributed by atoms with Crippen LogP contribution in [-0.4, -0.2) is 32.0 Å². The van der Waals surface area contributed by atoms with Gasteiger partial charge in [-0.25, -0.2) is 9.36 Å². The molecule has 8 nitrogen and oxygen atoms in total. The zero-order chi connectivity index (χ0) is 27.0. The molecule has 40 heavy (non-hydrogen) atoms. The quantitative estimate of drug-likeness (QED) is 0.185. The van der Waals surface area contributed by atoms with E-state index >= 15 is 0 Å². The smallest absolute Gasteiger partial charge is 0.203 e. The van der Waals surface area contributed by atoms with Crippen LogP contribution in [0.5, 0.6) is 0 Å². The molecule has 0 saturated heterocycles. The second-order valence-electron chi connectivity index (χ2n) is 8.38.